The average Bonchev–Trinajstić information content (AvgIpc) is 3.46. The molecule has 0 radical (unpaired) electrons. The summed E-state index contributed by atoms with van der Waals surface area (Å²) in [5.41, 5.74) is 2.02. The van der Waals surface area contributed by atoms with Crippen molar-refractivity contribution in [2.24, 2.45) is 11.8 Å². The topological polar surface area (TPSA) is 117 Å². The molecule has 9 nitrogen and oxygen atoms in total. The van der Waals surface area contributed by atoms with Gasteiger partial charge in [-0.2, -0.15) is 5.10 Å². The average molecular weight is 413 g/mol. The molecule has 30 heavy (non-hydrogen) atoms. The lowest BCUT2D eigenvalue weighted by Crippen LogP contribution is -2.36. The van der Waals surface area contributed by atoms with Gasteiger partial charge in [0.1, 0.15) is 0 Å². The summed E-state index contributed by atoms with van der Waals surface area (Å²) in [6, 6.07) is 10.1. The fraction of sp³-hybridized carbons (Fsp3) is 0.476. The van der Waals surface area contributed by atoms with Crippen molar-refractivity contribution < 1.29 is 20.1 Å². The maximum Gasteiger partial charge on any atom is 0.290 e. The van der Waals surface area contributed by atoms with Crippen LogP contribution in [-0.4, -0.2) is 66.9 Å². The molecule has 3 heterocycles. The van der Waals surface area contributed by atoms with Gasteiger partial charge in [-0.15, -0.1) is 0 Å². The van der Waals surface area contributed by atoms with Crippen LogP contribution in [0.25, 0.3) is 11.0 Å². The van der Waals surface area contributed by atoms with Crippen LogP contribution in [0.1, 0.15) is 18.9 Å². The summed E-state index contributed by atoms with van der Waals surface area (Å²) in [7, 11) is 0. The highest BCUT2D eigenvalue weighted by Gasteiger charge is 2.43. The van der Waals surface area contributed by atoms with Crippen molar-refractivity contribution in [1.29, 1.82) is 0 Å². The Bertz CT molecular complexity index is 973. The zero-order chi connectivity index (χ0) is 21.1. The van der Waals surface area contributed by atoms with Crippen LogP contribution in [0.5, 0.6) is 0 Å². The second kappa shape index (κ2) is 8.85. The number of aromatic nitrogens is 4. The molecule has 2 aliphatic rings. The van der Waals surface area contributed by atoms with Gasteiger partial charge in [0.05, 0.1) is 29.8 Å². The molecular formula is C21H27N5O4. The summed E-state index contributed by atoms with van der Waals surface area (Å²) >= 11 is 0. The minimum atomic E-state index is -0.359. The van der Waals surface area contributed by atoms with Gasteiger partial charge in [0.15, 0.2) is 0 Å². The number of aliphatic hydroxyl groups is 2. The van der Waals surface area contributed by atoms with Gasteiger partial charge in [0.25, 0.3) is 6.47 Å². The van der Waals surface area contributed by atoms with E-state index in [2.05, 4.69) is 20.6 Å². The lowest BCUT2D eigenvalue weighted by Gasteiger charge is -2.35. The van der Waals surface area contributed by atoms with E-state index in [-0.39, 0.29) is 25.2 Å². The monoisotopic (exact) mass is 413 g/mol. The van der Waals surface area contributed by atoms with Crippen LogP contribution in [-0.2, 0) is 11.3 Å². The normalized spacial score (nSPS) is 25.6. The van der Waals surface area contributed by atoms with Gasteiger partial charge in [0.2, 0.25) is 5.95 Å². The maximum atomic E-state index is 10.7. The first kappa shape index (κ1) is 20.4. The highest BCUT2D eigenvalue weighted by molar-refractivity contribution is 5.78. The summed E-state index contributed by atoms with van der Waals surface area (Å²) in [6.07, 6.45) is 5.09. The molecule has 3 aromatic rings. The van der Waals surface area contributed by atoms with Gasteiger partial charge in [-0.3, -0.25) is 9.48 Å². The van der Waals surface area contributed by atoms with Crippen LogP contribution in [0.2, 0.25) is 0 Å². The number of nitrogens with zero attached hydrogens (tertiary/aromatic N) is 5. The largest absolute Gasteiger partial charge is 0.483 e. The van der Waals surface area contributed by atoms with Crippen LogP contribution in [0.4, 0.5) is 5.95 Å². The lowest BCUT2D eigenvalue weighted by molar-refractivity contribution is -0.122. The number of carbonyl (C=O) groups is 1. The summed E-state index contributed by atoms with van der Waals surface area (Å²) in [5, 5.41) is 31.4. The predicted octanol–water partition coefficient (Wildman–Crippen LogP) is 1.37. The van der Waals surface area contributed by atoms with Crippen LogP contribution in [0, 0.1) is 11.8 Å². The van der Waals surface area contributed by atoms with E-state index in [0.29, 0.717) is 18.4 Å². The molecule has 0 bridgehead atoms. The third-order valence-electron chi connectivity index (χ3n) is 6.21. The molecule has 0 spiro atoms. The molecule has 2 aromatic heterocycles. The second-order valence-corrected chi connectivity index (χ2v) is 7.90. The Morgan fingerprint density at radius 1 is 1.13 bits per heavy atom. The van der Waals surface area contributed by atoms with Gasteiger partial charge in [-0.1, -0.05) is 12.1 Å². The van der Waals surface area contributed by atoms with Gasteiger partial charge in [-0.25, -0.2) is 4.98 Å². The van der Waals surface area contributed by atoms with Crippen molar-refractivity contribution in [1.82, 2.24) is 19.3 Å². The third kappa shape index (κ3) is 3.78. The van der Waals surface area contributed by atoms with Crippen LogP contribution < -0.4 is 4.90 Å². The number of imidazole rings is 1. The standard InChI is InChI=1S/C20H25N5O2.CH2O2/c26-9-8-24-17-5-2-1-4-16(17)22-20(24)23-12-14-10-18(25-7-3-6-21-25)19(27)11-15(14)13-23;2-1-3/h1-7,14-15,18-19,26-27H,8-13H2;1H,(H,2,3)/t14-,15+,18-,19-;/m1./s1. The number of fused-ring (bicyclic) bond motifs is 2. The molecule has 2 fully saturated rings. The maximum absolute atomic E-state index is 10.7. The molecule has 9 heteroatoms. The van der Waals surface area contributed by atoms with Crippen LogP contribution in [0.3, 0.4) is 0 Å². The number of para-hydroxylation sites is 2. The molecule has 5 rings (SSSR count). The Balaban J connectivity index is 0.000000687. The van der Waals surface area contributed by atoms with Crippen molar-refractivity contribution >= 4 is 23.5 Å². The molecule has 1 saturated carbocycles. The Hall–Kier alpha value is -2.91. The van der Waals surface area contributed by atoms with Gasteiger partial charge in [0, 0.05) is 32.0 Å². The first-order valence-electron chi connectivity index (χ1n) is 10.2. The summed E-state index contributed by atoms with van der Waals surface area (Å²) in [4.78, 5) is 15.6. The highest BCUT2D eigenvalue weighted by atomic mass is 16.3. The number of rotatable bonds is 4. The minimum absolute atomic E-state index is 0.0532. The fourth-order valence-electron chi connectivity index (χ4n) is 4.96. The molecular weight excluding hydrogens is 386 g/mol. The zero-order valence-corrected chi connectivity index (χ0v) is 16.7. The molecule has 1 saturated heterocycles. The van der Waals surface area contributed by atoms with Gasteiger partial charge in [-0.05, 0) is 42.9 Å². The van der Waals surface area contributed by atoms with Crippen molar-refractivity contribution in [3.8, 4) is 0 Å². The molecule has 1 aliphatic carbocycles. The summed E-state index contributed by atoms with van der Waals surface area (Å²) in [5.74, 6) is 1.92. The Kier molecular flexibility index (Phi) is 6.01. The van der Waals surface area contributed by atoms with Crippen molar-refractivity contribution in [3.63, 3.8) is 0 Å². The Morgan fingerprint density at radius 2 is 1.87 bits per heavy atom. The Labute approximate surface area is 174 Å². The number of aliphatic hydroxyl groups excluding tert-OH is 2. The van der Waals surface area contributed by atoms with E-state index in [1.165, 1.54) is 0 Å². The lowest BCUT2D eigenvalue weighted by atomic mass is 9.77. The van der Waals surface area contributed by atoms with Gasteiger partial charge < -0.3 is 24.8 Å². The number of hydrogen-bond acceptors (Lipinski definition) is 6. The minimum Gasteiger partial charge on any atom is -0.483 e. The van der Waals surface area contributed by atoms with E-state index in [1.54, 1.807) is 6.20 Å². The van der Waals surface area contributed by atoms with Crippen molar-refractivity contribution in [2.45, 2.75) is 31.5 Å². The predicted molar refractivity (Wildman–Crippen MR) is 111 cm³/mol. The smallest absolute Gasteiger partial charge is 0.290 e. The molecule has 0 unspecified atom stereocenters. The zero-order valence-electron chi connectivity index (χ0n) is 16.7. The van der Waals surface area contributed by atoms with Gasteiger partial charge >= 0.3 is 0 Å². The van der Waals surface area contributed by atoms with E-state index < -0.39 is 0 Å². The van der Waals surface area contributed by atoms with E-state index >= 15 is 0 Å². The summed E-state index contributed by atoms with van der Waals surface area (Å²) < 4.78 is 4.03. The third-order valence-corrected chi connectivity index (χ3v) is 6.21. The van der Waals surface area contributed by atoms with E-state index in [1.807, 2.05) is 35.1 Å². The van der Waals surface area contributed by atoms with E-state index in [0.717, 1.165) is 42.9 Å². The first-order valence-corrected chi connectivity index (χ1v) is 10.2. The molecule has 4 atom stereocenters. The molecule has 160 valence electrons. The van der Waals surface area contributed by atoms with E-state index in [9.17, 15) is 10.2 Å². The first-order chi connectivity index (χ1) is 14.7. The molecule has 1 aromatic carbocycles. The molecule has 3 N–H and O–H groups in total. The fourth-order valence-corrected chi connectivity index (χ4v) is 4.96. The second-order valence-electron chi connectivity index (χ2n) is 7.90. The summed E-state index contributed by atoms with van der Waals surface area (Å²) in [6.45, 7) is 2.22. The highest BCUT2D eigenvalue weighted by Crippen LogP contribution is 2.42. The molecule has 0 amide bonds. The van der Waals surface area contributed by atoms with Crippen molar-refractivity contribution in [3.05, 3.63) is 42.7 Å². The van der Waals surface area contributed by atoms with Crippen LogP contribution in [0.15, 0.2) is 42.7 Å². The number of hydrogen-bond donors (Lipinski definition) is 3. The number of carboxylic acid groups (broad SMARTS) is 1. The SMILES string of the molecule is O=CO.OCCn1c(N2C[C@H]3C[C@@H](n4cccn4)[C@H](O)C[C@H]3C2)nc2ccccc21. The Morgan fingerprint density at radius 3 is 2.57 bits per heavy atom. The van der Waals surface area contributed by atoms with E-state index in [4.69, 9.17) is 14.9 Å². The quantitative estimate of drug-likeness (QED) is 0.553. The molecule has 1 aliphatic heterocycles. The van der Waals surface area contributed by atoms with Crippen molar-refractivity contribution in [2.75, 3.05) is 24.6 Å². The number of anilines is 1. The number of benzene rings is 1. The van der Waals surface area contributed by atoms with Crippen LogP contribution >= 0.6 is 0 Å².